The van der Waals surface area contributed by atoms with Crippen molar-refractivity contribution in [1.29, 1.82) is 5.26 Å². The van der Waals surface area contributed by atoms with Crippen LogP contribution in [0.1, 0.15) is 5.56 Å². The summed E-state index contributed by atoms with van der Waals surface area (Å²) in [5.74, 6) is -0.735. The summed E-state index contributed by atoms with van der Waals surface area (Å²) in [6.07, 6.45) is 0. The largest absolute Gasteiger partial charge is 0.395 e. The average Bonchev–Trinajstić information content (AvgIpc) is 2.02. The predicted molar refractivity (Wildman–Crippen MR) is 45.5 cm³/mol. The molecule has 0 unspecified atom stereocenters. The Hall–Kier alpha value is -0.980. The molecule has 2 N–H and O–H groups in total. The van der Waals surface area contributed by atoms with Gasteiger partial charge in [-0.3, -0.25) is 0 Å². The van der Waals surface area contributed by atoms with Crippen molar-refractivity contribution in [2.24, 2.45) is 0 Å². The van der Waals surface area contributed by atoms with Gasteiger partial charge >= 0.3 is 0 Å². The average molecular weight is 205 g/mol. The maximum atomic E-state index is 12.8. The van der Waals surface area contributed by atoms with Gasteiger partial charge in [-0.25, -0.2) is 4.39 Å². The Bertz CT molecular complexity index is 344. The van der Waals surface area contributed by atoms with E-state index in [1.54, 1.807) is 6.07 Å². The first-order valence-electron chi connectivity index (χ1n) is 2.91. The van der Waals surface area contributed by atoms with Gasteiger partial charge in [0.1, 0.15) is 11.9 Å². The summed E-state index contributed by atoms with van der Waals surface area (Å²) >= 11 is 11.1. The van der Waals surface area contributed by atoms with E-state index in [-0.39, 0.29) is 21.3 Å². The van der Waals surface area contributed by atoms with Gasteiger partial charge < -0.3 is 5.73 Å². The molecule has 5 heteroatoms. The lowest BCUT2D eigenvalue weighted by Crippen LogP contribution is -1.96. The summed E-state index contributed by atoms with van der Waals surface area (Å²) in [5, 5.41) is 8.48. The lowest BCUT2D eigenvalue weighted by molar-refractivity contribution is 0.632. The number of nitrogens with two attached hydrogens (primary N) is 1. The zero-order valence-corrected chi connectivity index (χ0v) is 7.25. The molecule has 62 valence electrons. The minimum absolute atomic E-state index is 0.0140. The Kier molecular flexibility index (Phi) is 2.41. The summed E-state index contributed by atoms with van der Waals surface area (Å²) in [6, 6.07) is 2.64. The van der Waals surface area contributed by atoms with Gasteiger partial charge in [-0.15, -0.1) is 0 Å². The molecule has 0 bridgehead atoms. The van der Waals surface area contributed by atoms with Crippen LogP contribution in [0.5, 0.6) is 0 Å². The Morgan fingerprint density at radius 3 is 2.58 bits per heavy atom. The molecule has 0 aromatic heterocycles. The van der Waals surface area contributed by atoms with Crippen LogP contribution in [0, 0.1) is 17.1 Å². The third-order valence-corrected chi connectivity index (χ3v) is 2.11. The fraction of sp³-hybridized carbons (Fsp3) is 0. The molecule has 0 aliphatic heterocycles. The molecule has 0 saturated heterocycles. The van der Waals surface area contributed by atoms with Gasteiger partial charge in [0, 0.05) is 0 Å². The molecule has 0 aliphatic carbocycles. The number of hydrogen-bond acceptors (Lipinski definition) is 2. The lowest BCUT2D eigenvalue weighted by Gasteiger charge is -2.02. The fourth-order valence-corrected chi connectivity index (χ4v) is 1.11. The quantitative estimate of drug-likeness (QED) is 0.522. The van der Waals surface area contributed by atoms with Crippen molar-refractivity contribution in [3.63, 3.8) is 0 Å². The fourth-order valence-electron chi connectivity index (χ4n) is 0.719. The Morgan fingerprint density at radius 2 is 2.08 bits per heavy atom. The van der Waals surface area contributed by atoms with Gasteiger partial charge in [-0.1, -0.05) is 23.2 Å². The van der Waals surface area contributed by atoms with E-state index in [0.717, 1.165) is 6.07 Å². The minimum Gasteiger partial charge on any atom is -0.395 e. The van der Waals surface area contributed by atoms with E-state index in [9.17, 15) is 4.39 Å². The van der Waals surface area contributed by atoms with Crippen molar-refractivity contribution in [2.75, 3.05) is 5.73 Å². The maximum Gasteiger partial charge on any atom is 0.149 e. The maximum absolute atomic E-state index is 12.8. The molecule has 2 nitrogen and oxygen atoms in total. The van der Waals surface area contributed by atoms with Crippen molar-refractivity contribution in [3.05, 3.63) is 27.5 Å². The second-order valence-corrected chi connectivity index (χ2v) is 2.84. The van der Waals surface area contributed by atoms with Crippen molar-refractivity contribution in [1.82, 2.24) is 0 Å². The smallest absolute Gasteiger partial charge is 0.149 e. The third-order valence-electron chi connectivity index (χ3n) is 1.32. The van der Waals surface area contributed by atoms with E-state index in [4.69, 9.17) is 34.2 Å². The molecule has 0 radical (unpaired) electrons. The van der Waals surface area contributed by atoms with Crippen molar-refractivity contribution < 1.29 is 4.39 Å². The number of nitriles is 1. The molecule has 1 aromatic carbocycles. The summed E-state index contributed by atoms with van der Waals surface area (Å²) in [4.78, 5) is 0. The first-order chi connectivity index (χ1) is 5.57. The molecule has 0 amide bonds. The topological polar surface area (TPSA) is 49.8 Å². The Labute approximate surface area is 78.3 Å². The highest BCUT2D eigenvalue weighted by atomic mass is 35.5. The second-order valence-electron chi connectivity index (χ2n) is 2.05. The van der Waals surface area contributed by atoms with Gasteiger partial charge in [0.05, 0.1) is 21.3 Å². The van der Waals surface area contributed by atoms with Crippen LogP contribution in [-0.4, -0.2) is 0 Å². The zero-order chi connectivity index (χ0) is 9.30. The van der Waals surface area contributed by atoms with Crippen LogP contribution < -0.4 is 5.73 Å². The number of hydrogen-bond donors (Lipinski definition) is 1. The molecule has 0 aliphatic rings. The molecule has 0 saturated carbocycles. The second kappa shape index (κ2) is 3.18. The van der Waals surface area contributed by atoms with Crippen LogP contribution in [0.4, 0.5) is 10.1 Å². The number of anilines is 1. The number of benzene rings is 1. The summed E-state index contributed by atoms with van der Waals surface area (Å²) < 4.78 is 12.8. The summed E-state index contributed by atoms with van der Waals surface area (Å²) in [7, 11) is 0. The van der Waals surface area contributed by atoms with Gasteiger partial charge in [0.2, 0.25) is 0 Å². The third kappa shape index (κ3) is 1.31. The van der Waals surface area contributed by atoms with Gasteiger partial charge in [0.15, 0.2) is 0 Å². The first kappa shape index (κ1) is 9.11. The van der Waals surface area contributed by atoms with Crippen molar-refractivity contribution in [3.8, 4) is 6.07 Å². The van der Waals surface area contributed by atoms with Crippen LogP contribution in [0.2, 0.25) is 10.0 Å². The summed E-state index contributed by atoms with van der Waals surface area (Å²) in [6.45, 7) is 0. The number of rotatable bonds is 0. The van der Waals surface area contributed by atoms with Crippen LogP contribution in [0.15, 0.2) is 6.07 Å². The molecular formula is C7H3Cl2FN2. The minimum atomic E-state index is -0.735. The molecule has 0 atom stereocenters. The van der Waals surface area contributed by atoms with E-state index in [0.29, 0.717) is 0 Å². The highest BCUT2D eigenvalue weighted by Gasteiger charge is 2.12. The van der Waals surface area contributed by atoms with E-state index < -0.39 is 5.82 Å². The summed E-state index contributed by atoms with van der Waals surface area (Å²) in [5.41, 5.74) is 4.83. The lowest BCUT2D eigenvalue weighted by atomic mass is 10.2. The van der Waals surface area contributed by atoms with Crippen molar-refractivity contribution >= 4 is 28.9 Å². The molecule has 12 heavy (non-hydrogen) atoms. The Balaban J connectivity index is 3.56. The zero-order valence-electron chi connectivity index (χ0n) is 5.74. The van der Waals surface area contributed by atoms with Crippen LogP contribution in [-0.2, 0) is 0 Å². The number of nitrogens with zero attached hydrogens (tertiary/aromatic N) is 1. The number of halogens is 3. The van der Waals surface area contributed by atoms with Crippen LogP contribution in [0.3, 0.4) is 0 Å². The highest BCUT2D eigenvalue weighted by Crippen LogP contribution is 2.31. The molecule has 1 rings (SSSR count). The van der Waals surface area contributed by atoms with E-state index in [1.807, 2.05) is 0 Å². The molecular weight excluding hydrogens is 202 g/mol. The number of nitrogen functional groups attached to an aromatic ring is 1. The predicted octanol–water partition coefficient (Wildman–Crippen LogP) is 2.59. The monoisotopic (exact) mass is 204 g/mol. The normalized spacial score (nSPS) is 9.50. The Morgan fingerprint density at radius 1 is 1.50 bits per heavy atom. The molecule has 0 heterocycles. The highest BCUT2D eigenvalue weighted by molar-refractivity contribution is 6.43. The van der Waals surface area contributed by atoms with Gasteiger partial charge in [-0.2, -0.15) is 5.26 Å². The van der Waals surface area contributed by atoms with Crippen molar-refractivity contribution in [2.45, 2.75) is 0 Å². The molecule has 0 spiro atoms. The van der Waals surface area contributed by atoms with Gasteiger partial charge in [0.25, 0.3) is 0 Å². The molecule has 0 fully saturated rings. The van der Waals surface area contributed by atoms with E-state index in [1.165, 1.54) is 0 Å². The van der Waals surface area contributed by atoms with E-state index in [2.05, 4.69) is 0 Å². The molecule has 1 aromatic rings. The van der Waals surface area contributed by atoms with E-state index >= 15 is 0 Å². The van der Waals surface area contributed by atoms with Crippen LogP contribution >= 0.6 is 23.2 Å². The SMILES string of the molecule is N#Cc1c(N)c(F)cc(Cl)c1Cl. The van der Waals surface area contributed by atoms with Crippen LogP contribution in [0.25, 0.3) is 0 Å². The van der Waals surface area contributed by atoms with Gasteiger partial charge in [-0.05, 0) is 6.07 Å². The standard InChI is InChI=1S/C7H3Cl2FN2/c8-4-1-5(10)7(12)3(2-11)6(4)9/h1H,12H2. The first-order valence-corrected chi connectivity index (χ1v) is 3.66.